The molecule has 0 unspecified atom stereocenters. The van der Waals surface area contributed by atoms with E-state index in [4.69, 9.17) is 0 Å². The summed E-state index contributed by atoms with van der Waals surface area (Å²) in [5.41, 5.74) is 0.549. The first-order valence-corrected chi connectivity index (χ1v) is 5.41. The smallest absolute Gasteiger partial charge is 0.268 e. The molecule has 3 rings (SSSR count). The highest BCUT2D eigenvalue weighted by Crippen LogP contribution is 2.27. The summed E-state index contributed by atoms with van der Waals surface area (Å²) in [5.74, 6) is 0.616. The Morgan fingerprint density at radius 3 is 2.75 bits per heavy atom. The zero-order chi connectivity index (χ0) is 11.0. The molecule has 0 saturated carbocycles. The van der Waals surface area contributed by atoms with Crippen molar-refractivity contribution in [3.05, 3.63) is 41.2 Å². The highest BCUT2D eigenvalue weighted by atomic mass is 32.1. The van der Waals surface area contributed by atoms with Crippen LogP contribution in [0.4, 0.5) is 0 Å². The highest BCUT2D eigenvalue weighted by molar-refractivity contribution is 7.22. The second-order valence-electron chi connectivity index (χ2n) is 3.13. The van der Waals surface area contributed by atoms with E-state index >= 15 is 0 Å². The van der Waals surface area contributed by atoms with Gasteiger partial charge in [0.05, 0.1) is 16.7 Å². The highest BCUT2D eigenvalue weighted by Gasteiger charge is 2.08. The van der Waals surface area contributed by atoms with Gasteiger partial charge in [0.25, 0.3) is 5.56 Å². The topological polar surface area (TPSA) is 71.5 Å². The van der Waals surface area contributed by atoms with Crippen LogP contribution >= 0.6 is 11.3 Å². The molecule has 3 heterocycles. The molecule has 0 radical (unpaired) electrons. The first-order valence-electron chi connectivity index (χ1n) is 4.59. The van der Waals surface area contributed by atoms with Gasteiger partial charge in [0, 0.05) is 12.4 Å². The minimum atomic E-state index is -0.128. The van der Waals surface area contributed by atoms with E-state index in [1.807, 2.05) is 6.07 Å². The third kappa shape index (κ3) is 1.40. The molecule has 0 aromatic carbocycles. The Labute approximate surface area is 93.9 Å². The number of thiophene rings is 1. The van der Waals surface area contributed by atoms with Crippen LogP contribution < -0.4 is 5.56 Å². The Bertz CT molecular complexity index is 689. The van der Waals surface area contributed by atoms with Crippen LogP contribution in [0.1, 0.15) is 0 Å². The summed E-state index contributed by atoms with van der Waals surface area (Å²) < 4.78 is 0.602. The minimum absolute atomic E-state index is 0.128. The van der Waals surface area contributed by atoms with Crippen molar-refractivity contribution in [3.63, 3.8) is 0 Å². The van der Waals surface area contributed by atoms with Gasteiger partial charge in [0.1, 0.15) is 4.70 Å². The Kier molecular flexibility index (Phi) is 2.00. The van der Waals surface area contributed by atoms with Crippen molar-refractivity contribution >= 4 is 21.6 Å². The maximum Gasteiger partial charge on any atom is 0.268 e. The lowest BCUT2D eigenvalue weighted by Gasteiger charge is -1.90. The molecular weight excluding hydrogens is 224 g/mol. The molecule has 0 atom stereocenters. The molecule has 5 nitrogen and oxygen atoms in total. The number of hydrogen-bond donors (Lipinski definition) is 1. The lowest BCUT2D eigenvalue weighted by molar-refractivity contribution is 1.18. The van der Waals surface area contributed by atoms with Crippen LogP contribution in [0.15, 0.2) is 35.6 Å². The lowest BCUT2D eigenvalue weighted by atomic mass is 10.4. The molecule has 6 heteroatoms. The van der Waals surface area contributed by atoms with Crippen LogP contribution in [0, 0.1) is 0 Å². The van der Waals surface area contributed by atoms with Gasteiger partial charge in [-0.15, -0.1) is 11.3 Å². The third-order valence-electron chi connectivity index (χ3n) is 2.10. The monoisotopic (exact) mass is 230 g/mol. The van der Waals surface area contributed by atoms with Crippen LogP contribution in [-0.2, 0) is 0 Å². The number of hydrogen-bond acceptors (Lipinski definition) is 5. The van der Waals surface area contributed by atoms with Gasteiger partial charge >= 0.3 is 0 Å². The molecule has 3 aromatic rings. The van der Waals surface area contributed by atoms with E-state index in [9.17, 15) is 4.79 Å². The number of nitrogens with zero attached hydrogens (tertiary/aromatic N) is 3. The average Bonchev–Trinajstić information content (AvgIpc) is 2.76. The normalized spacial score (nSPS) is 10.8. The number of rotatable bonds is 1. The summed E-state index contributed by atoms with van der Waals surface area (Å²) in [6.45, 7) is 0. The van der Waals surface area contributed by atoms with Crippen molar-refractivity contribution in [1.82, 2.24) is 19.9 Å². The van der Waals surface area contributed by atoms with Crippen LogP contribution in [0.2, 0.25) is 0 Å². The van der Waals surface area contributed by atoms with Crippen molar-refractivity contribution in [3.8, 4) is 10.7 Å². The Morgan fingerprint density at radius 1 is 1.19 bits per heavy atom. The molecule has 0 saturated heterocycles. The molecule has 0 aliphatic heterocycles. The van der Waals surface area contributed by atoms with E-state index in [1.54, 1.807) is 18.5 Å². The van der Waals surface area contributed by atoms with Crippen LogP contribution in [0.3, 0.4) is 0 Å². The van der Waals surface area contributed by atoms with Crippen molar-refractivity contribution in [2.75, 3.05) is 0 Å². The summed E-state index contributed by atoms with van der Waals surface area (Å²) in [4.78, 5) is 27.2. The molecule has 16 heavy (non-hydrogen) atoms. The summed E-state index contributed by atoms with van der Waals surface area (Å²) in [7, 11) is 0. The van der Waals surface area contributed by atoms with Gasteiger partial charge in [0.15, 0.2) is 5.82 Å². The molecule has 0 bridgehead atoms. The predicted octanol–water partition coefficient (Wildman–Crippen LogP) is 1.44. The summed E-state index contributed by atoms with van der Waals surface area (Å²) in [5, 5.41) is 0. The third-order valence-corrected chi connectivity index (χ3v) is 3.22. The number of aromatic amines is 1. The van der Waals surface area contributed by atoms with E-state index in [2.05, 4.69) is 19.9 Å². The van der Waals surface area contributed by atoms with E-state index in [0.29, 0.717) is 16.0 Å². The Balaban J connectivity index is 2.28. The van der Waals surface area contributed by atoms with Crippen LogP contribution in [0.5, 0.6) is 0 Å². The van der Waals surface area contributed by atoms with Gasteiger partial charge in [-0.1, -0.05) is 0 Å². The second-order valence-corrected chi connectivity index (χ2v) is 4.18. The van der Waals surface area contributed by atoms with Crippen LogP contribution in [0.25, 0.3) is 20.9 Å². The molecule has 0 amide bonds. The fourth-order valence-corrected chi connectivity index (χ4v) is 2.36. The maximum atomic E-state index is 11.5. The molecule has 78 valence electrons. The number of fused-ring (bicyclic) bond motifs is 1. The molecular formula is C10H6N4OS. The summed E-state index contributed by atoms with van der Waals surface area (Å²) in [6.07, 6.45) is 4.74. The fourth-order valence-electron chi connectivity index (χ4n) is 1.40. The molecule has 0 fully saturated rings. The SMILES string of the molecule is O=c1[nH]cnc2cc(-c3ncccn3)sc12. The summed E-state index contributed by atoms with van der Waals surface area (Å²) in [6, 6.07) is 3.58. The fraction of sp³-hybridized carbons (Fsp3) is 0. The first-order chi connectivity index (χ1) is 7.84. The number of nitrogens with one attached hydrogen (secondary N) is 1. The number of H-pyrrole nitrogens is 1. The van der Waals surface area contributed by atoms with E-state index in [0.717, 1.165) is 4.88 Å². The van der Waals surface area contributed by atoms with Gasteiger partial charge in [-0.2, -0.15) is 0 Å². The Hall–Kier alpha value is -2.08. The standard InChI is InChI=1S/C10H6N4OS/c15-10-8-6(13-5-14-10)4-7(16-8)9-11-2-1-3-12-9/h1-5H,(H,13,14,15). The minimum Gasteiger partial charge on any atom is -0.312 e. The van der Waals surface area contributed by atoms with Gasteiger partial charge in [-0.25, -0.2) is 15.0 Å². The molecule has 0 aliphatic rings. The number of aromatic nitrogens is 4. The van der Waals surface area contributed by atoms with E-state index in [1.165, 1.54) is 17.7 Å². The molecule has 0 spiro atoms. The quantitative estimate of drug-likeness (QED) is 0.686. The average molecular weight is 230 g/mol. The maximum absolute atomic E-state index is 11.5. The van der Waals surface area contributed by atoms with Gasteiger partial charge in [-0.05, 0) is 12.1 Å². The van der Waals surface area contributed by atoms with E-state index in [-0.39, 0.29) is 5.56 Å². The van der Waals surface area contributed by atoms with Gasteiger partial charge in [0.2, 0.25) is 0 Å². The van der Waals surface area contributed by atoms with Crippen LogP contribution in [-0.4, -0.2) is 19.9 Å². The Morgan fingerprint density at radius 2 is 2.00 bits per heavy atom. The predicted molar refractivity (Wildman–Crippen MR) is 61.3 cm³/mol. The lowest BCUT2D eigenvalue weighted by Crippen LogP contribution is -2.02. The first kappa shape index (κ1) is 9.17. The van der Waals surface area contributed by atoms with Crippen molar-refractivity contribution in [1.29, 1.82) is 0 Å². The van der Waals surface area contributed by atoms with E-state index < -0.39 is 0 Å². The molecule has 1 N–H and O–H groups in total. The van der Waals surface area contributed by atoms with Crippen molar-refractivity contribution in [2.24, 2.45) is 0 Å². The van der Waals surface area contributed by atoms with Crippen molar-refractivity contribution in [2.45, 2.75) is 0 Å². The summed E-state index contributed by atoms with van der Waals surface area (Å²) >= 11 is 1.35. The second kappa shape index (κ2) is 3.49. The van der Waals surface area contributed by atoms with Gasteiger partial charge < -0.3 is 4.98 Å². The molecule has 3 aromatic heterocycles. The zero-order valence-corrected chi connectivity index (χ0v) is 8.86. The van der Waals surface area contributed by atoms with Gasteiger partial charge in [-0.3, -0.25) is 4.79 Å². The largest absolute Gasteiger partial charge is 0.312 e. The molecule has 0 aliphatic carbocycles. The van der Waals surface area contributed by atoms with Crippen molar-refractivity contribution < 1.29 is 0 Å². The zero-order valence-electron chi connectivity index (χ0n) is 8.04.